The summed E-state index contributed by atoms with van der Waals surface area (Å²) in [6, 6.07) is 5.56. The molecular formula is C19H21N3O5. The van der Waals surface area contributed by atoms with Gasteiger partial charge in [0.25, 0.3) is 5.56 Å². The number of rotatable bonds is 5. The van der Waals surface area contributed by atoms with Gasteiger partial charge in [-0.2, -0.15) is 0 Å². The summed E-state index contributed by atoms with van der Waals surface area (Å²) in [5.74, 6) is 1.13. The van der Waals surface area contributed by atoms with E-state index in [0.717, 1.165) is 10.1 Å². The van der Waals surface area contributed by atoms with Crippen LogP contribution in [0.3, 0.4) is 0 Å². The van der Waals surface area contributed by atoms with Crippen molar-refractivity contribution < 1.29 is 14.3 Å². The van der Waals surface area contributed by atoms with E-state index in [4.69, 9.17) is 9.47 Å². The number of amides is 1. The van der Waals surface area contributed by atoms with E-state index in [1.807, 2.05) is 25.1 Å². The molecule has 1 aromatic heterocycles. The van der Waals surface area contributed by atoms with Gasteiger partial charge in [-0.1, -0.05) is 6.07 Å². The third-order valence-electron chi connectivity index (χ3n) is 4.38. The van der Waals surface area contributed by atoms with Gasteiger partial charge >= 0.3 is 5.69 Å². The van der Waals surface area contributed by atoms with Crippen molar-refractivity contribution in [3.05, 3.63) is 62.4 Å². The largest absolute Gasteiger partial charge is 0.454 e. The van der Waals surface area contributed by atoms with Crippen LogP contribution in [0.5, 0.6) is 11.5 Å². The van der Waals surface area contributed by atoms with Crippen molar-refractivity contribution in [2.75, 3.05) is 13.3 Å². The van der Waals surface area contributed by atoms with Crippen molar-refractivity contribution in [1.82, 2.24) is 14.0 Å². The Hall–Kier alpha value is -3.29. The molecular weight excluding hydrogens is 350 g/mol. The van der Waals surface area contributed by atoms with E-state index in [2.05, 4.69) is 0 Å². The topological polar surface area (TPSA) is 82.8 Å². The number of hydrogen-bond donors (Lipinski definition) is 0. The number of nitrogens with zero attached hydrogens (tertiary/aromatic N) is 3. The average molecular weight is 371 g/mol. The van der Waals surface area contributed by atoms with Crippen LogP contribution < -0.4 is 20.7 Å². The smallest absolute Gasteiger partial charge is 0.330 e. The van der Waals surface area contributed by atoms with Crippen molar-refractivity contribution >= 4 is 12.0 Å². The first-order valence-electron chi connectivity index (χ1n) is 8.53. The van der Waals surface area contributed by atoms with Crippen LogP contribution in [-0.2, 0) is 25.4 Å². The standard InChI is InChI=1S/C19H21N3O5/c1-4-22(10-13-5-7-15-16(9-13)27-12-26-15)17(23)8-6-14-11-20(2)19(25)21(3)18(14)24/h5-9,11H,4,10,12H2,1-3H3. The number of benzene rings is 1. The summed E-state index contributed by atoms with van der Waals surface area (Å²) in [5.41, 5.74) is 0.329. The summed E-state index contributed by atoms with van der Waals surface area (Å²) < 4.78 is 13.0. The summed E-state index contributed by atoms with van der Waals surface area (Å²) in [6.07, 6.45) is 4.20. The second kappa shape index (κ2) is 7.53. The second-order valence-electron chi connectivity index (χ2n) is 6.22. The summed E-state index contributed by atoms with van der Waals surface area (Å²) >= 11 is 0. The van der Waals surface area contributed by atoms with E-state index in [9.17, 15) is 14.4 Å². The Bertz CT molecular complexity index is 1020. The minimum Gasteiger partial charge on any atom is -0.454 e. The summed E-state index contributed by atoms with van der Waals surface area (Å²) in [7, 11) is 2.96. The molecule has 142 valence electrons. The highest BCUT2D eigenvalue weighted by atomic mass is 16.7. The Balaban J connectivity index is 1.77. The molecule has 0 radical (unpaired) electrons. The number of hydrogen-bond acceptors (Lipinski definition) is 5. The molecule has 1 amide bonds. The predicted octanol–water partition coefficient (Wildman–Crippen LogP) is 0.875. The molecule has 0 unspecified atom stereocenters. The molecule has 27 heavy (non-hydrogen) atoms. The molecule has 0 saturated carbocycles. The number of fused-ring (bicyclic) bond motifs is 1. The molecule has 1 aliphatic rings. The molecule has 0 fully saturated rings. The molecule has 2 aromatic rings. The highest BCUT2D eigenvalue weighted by molar-refractivity contribution is 5.91. The number of aryl methyl sites for hydroxylation is 1. The first-order valence-corrected chi connectivity index (χ1v) is 8.53. The Morgan fingerprint density at radius 1 is 1.22 bits per heavy atom. The van der Waals surface area contributed by atoms with E-state index in [1.165, 1.54) is 30.0 Å². The normalized spacial score (nSPS) is 12.6. The van der Waals surface area contributed by atoms with Crippen LogP contribution in [0.25, 0.3) is 6.08 Å². The van der Waals surface area contributed by atoms with Gasteiger partial charge in [-0.3, -0.25) is 14.2 Å². The third-order valence-corrected chi connectivity index (χ3v) is 4.38. The highest BCUT2D eigenvalue weighted by Crippen LogP contribution is 2.32. The lowest BCUT2D eigenvalue weighted by atomic mass is 10.2. The van der Waals surface area contributed by atoms with E-state index < -0.39 is 11.2 Å². The zero-order chi connectivity index (χ0) is 19.6. The van der Waals surface area contributed by atoms with E-state index in [-0.39, 0.29) is 18.3 Å². The molecule has 8 nitrogen and oxygen atoms in total. The van der Waals surface area contributed by atoms with Gasteiger partial charge in [0.2, 0.25) is 12.7 Å². The maximum atomic E-state index is 12.5. The molecule has 8 heteroatoms. The van der Waals surface area contributed by atoms with Crippen LogP contribution in [0.1, 0.15) is 18.1 Å². The summed E-state index contributed by atoms with van der Waals surface area (Å²) in [5, 5.41) is 0. The van der Waals surface area contributed by atoms with Gasteiger partial charge in [0.1, 0.15) is 0 Å². The molecule has 1 aromatic carbocycles. The zero-order valence-electron chi connectivity index (χ0n) is 15.5. The molecule has 0 spiro atoms. The highest BCUT2D eigenvalue weighted by Gasteiger charge is 2.16. The second-order valence-corrected chi connectivity index (χ2v) is 6.22. The van der Waals surface area contributed by atoms with Gasteiger partial charge in [0.15, 0.2) is 11.5 Å². The molecule has 2 heterocycles. The average Bonchev–Trinajstić information content (AvgIpc) is 3.13. The van der Waals surface area contributed by atoms with Crippen LogP contribution in [0.2, 0.25) is 0 Å². The summed E-state index contributed by atoms with van der Waals surface area (Å²) in [6.45, 7) is 2.99. The van der Waals surface area contributed by atoms with Gasteiger partial charge in [-0.15, -0.1) is 0 Å². The van der Waals surface area contributed by atoms with Crippen LogP contribution in [-0.4, -0.2) is 33.3 Å². The zero-order valence-corrected chi connectivity index (χ0v) is 15.5. The number of carbonyl (C=O) groups is 1. The van der Waals surface area contributed by atoms with Crippen LogP contribution in [0, 0.1) is 0 Å². The van der Waals surface area contributed by atoms with Gasteiger partial charge in [-0.05, 0) is 30.7 Å². The Kier molecular flexibility index (Phi) is 5.16. The van der Waals surface area contributed by atoms with Gasteiger partial charge in [-0.25, -0.2) is 4.79 Å². The van der Waals surface area contributed by atoms with Crippen molar-refractivity contribution in [3.63, 3.8) is 0 Å². The fourth-order valence-corrected chi connectivity index (χ4v) is 2.82. The van der Waals surface area contributed by atoms with Crippen molar-refractivity contribution in [2.45, 2.75) is 13.5 Å². The van der Waals surface area contributed by atoms with Crippen molar-refractivity contribution in [3.8, 4) is 11.5 Å². The Morgan fingerprint density at radius 2 is 1.96 bits per heavy atom. The Morgan fingerprint density at radius 3 is 2.70 bits per heavy atom. The Labute approximate surface area is 155 Å². The quantitative estimate of drug-likeness (QED) is 0.729. The first-order chi connectivity index (χ1) is 12.9. The molecule has 1 aliphatic heterocycles. The number of carbonyl (C=O) groups excluding carboxylic acids is 1. The van der Waals surface area contributed by atoms with Crippen LogP contribution in [0.4, 0.5) is 0 Å². The van der Waals surface area contributed by atoms with E-state index >= 15 is 0 Å². The fourth-order valence-electron chi connectivity index (χ4n) is 2.82. The van der Waals surface area contributed by atoms with Gasteiger partial charge < -0.3 is 18.9 Å². The predicted molar refractivity (Wildman–Crippen MR) is 99.6 cm³/mol. The van der Waals surface area contributed by atoms with Crippen molar-refractivity contribution in [1.29, 1.82) is 0 Å². The molecule has 0 saturated heterocycles. The van der Waals surface area contributed by atoms with Crippen molar-refractivity contribution in [2.24, 2.45) is 14.1 Å². The lowest BCUT2D eigenvalue weighted by molar-refractivity contribution is -0.126. The van der Waals surface area contributed by atoms with E-state index in [1.54, 1.807) is 11.9 Å². The van der Waals surface area contributed by atoms with Gasteiger partial charge in [0.05, 0.1) is 5.56 Å². The molecule has 0 atom stereocenters. The molecule has 0 aliphatic carbocycles. The first kappa shape index (κ1) is 18.5. The number of ether oxygens (including phenoxy) is 2. The SMILES string of the molecule is CCN(Cc1ccc2c(c1)OCO2)C(=O)C=Cc1cn(C)c(=O)n(C)c1=O. The number of likely N-dealkylation sites (N-methyl/N-ethyl adjacent to an activating group) is 1. The fraction of sp³-hybridized carbons (Fsp3) is 0.316. The number of aromatic nitrogens is 2. The third kappa shape index (κ3) is 3.79. The van der Waals surface area contributed by atoms with Crippen LogP contribution >= 0.6 is 0 Å². The molecule has 3 rings (SSSR count). The lowest BCUT2D eigenvalue weighted by Crippen LogP contribution is -2.37. The monoisotopic (exact) mass is 371 g/mol. The lowest BCUT2D eigenvalue weighted by Gasteiger charge is -2.19. The minimum absolute atomic E-state index is 0.201. The van der Waals surface area contributed by atoms with Crippen LogP contribution in [0.15, 0.2) is 40.1 Å². The maximum absolute atomic E-state index is 12.5. The minimum atomic E-state index is -0.444. The van der Waals surface area contributed by atoms with Gasteiger partial charge in [0, 0.05) is 39.5 Å². The molecule has 0 bridgehead atoms. The molecule has 0 N–H and O–H groups in total. The van der Waals surface area contributed by atoms with E-state index in [0.29, 0.717) is 24.6 Å². The maximum Gasteiger partial charge on any atom is 0.330 e. The summed E-state index contributed by atoms with van der Waals surface area (Å²) in [4.78, 5) is 38.0.